The lowest BCUT2D eigenvalue weighted by Crippen LogP contribution is -2.14. The summed E-state index contributed by atoms with van der Waals surface area (Å²) >= 11 is 0. The van der Waals surface area contributed by atoms with Crippen LogP contribution in [0.15, 0.2) is 36.7 Å². The van der Waals surface area contributed by atoms with Gasteiger partial charge in [-0.3, -0.25) is 4.98 Å². The standard InChI is InChI=1S/C13H15FN4/c1-3-16-12-8-15-9-13(17-12)18(2)11-7-5-4-6-10(11)14/h4-9H,3H2,1-2H3,(H,16,17). The van der Waals surface area contributed by atoms with Gasteiger partial charge in [0.15, 0.2) is 5.82 Å². The van der Waals surface area contributed by atoms with Crippen LogP contribution in [0.25, 0.3) is 0 Å². The summed E-state index contributed by atoms with van der Waals surface area (Å²) < 4.78 is 13.7. The number of aromatic nitrogens is 2. The van der Waals surface area contributed by atoms with Crippen molar-refractivity contribution in [2.45, 2.75) is 6.92 Å². The summed E-state index contributed by atoms with van der Waals surface area (Å²) in [4.78, 5) is 10.1. The second-order valence-corrected chi connectivity index (χ2v) is 3.80. The van der Waals surface area contributed by atoms with Crippen molar-refractivity contribution in [3.63, 3.8) is 0 Å². The monoisotopic (exact) mass is 246 g/mol. The molecule has 0 saturated heterocycles. The van der Waals surface area contributed by atoms with Gasteiger partial charge in [0, 0.05) is 13.6 Å². The average molecular weight is 246 g/mol. The lowest BCUT2D eigenvalue weighted by molar-refractivity contribution is 0.627. The first-order valence-electron chi connectivity index (χ1n) is 5.76. The lowest BCUT2D eigenvalue weighted by Gasteiger charge is -2.19. The Morgan fingerprint density at radius 3 is 2.78 bits per heavy atom. The lowest BCUT2D eigenvalue weighted by atomic mass is 10.3. The van der Waals surface area contributed by atoms with Crippen LogP contribution in [0.2, 0.25) is 0 Å². The number of nitrogens with one attached hydrogen (secondary N) is 1. The Hall–Kier alpha value is -2.17. The van der Waals surface area contributed by atoms with E-state index in [-0.39, 0.29) is 5.82 Å². The third kappa shape index (κ3) is 2.56. The third-order valence-electron chi connectivity index (χ3n) is 2.54. The van der Waals surface area contributed by atoms with Crippen molar-refractivity contribution in [3.8, 4) is 0 Å². The zero-order valence-electron chi connectivity index (χ0n) is 10.4. The van der Waals surface area contributed by atoms with E-state index < -0.39 is 0 Å². The van der Waals surface area contributed by atoms with Crippen LogP contribution in [0.4, 0.5) is 21.7 Å². The van der Waals surface area contributed by atoms with Crippen molar-refractivity contribution in [1.82, 2.24) is 9.97 Å². The van der Waals surface area contributed by atoms with Gasteiger partial charge < -0.3 is 10.2 Å². The van der Waals surface area contributed by atoms with E-state index in [0.29, 0.717) is 17.3 Å². The molecule has 2 rings (SSSR count). The Morgan fingerprint density at radius 2 is 2.06 bits per heavy atom. The van der Waals surface area contributed by atoms with E-state index in [1.54, 1.807) is 42.5 Å². The second-order valence-electron chi connectivity index (χ2n) is 3.80. The molecule has 2 aromatic rings. The van der Waals surface area contributed by atoms with Crippen molar-refractivity contribution < 1.29 is 4.39 Å². The number of para-hydroxylation sites is 1. The molecule has 0 spiro atoms. The van der Waals surface area contributed by atoms with Crippen LogP contribution in [-0.4, -0.2) is 23.6 Å². The van der Waals surface area contributed by atoms with Gasteiger partial charge in [0.1, 0.15) is 11.6 Å². The summed E-state index contributed by atoms with van der Waals surface area (Å²) in [7, 11) is 1.76. The van der Waals surface area contributed by atoms with Gasteiger partial charge in [-0.25, -0.2) is 9.37 Å². The highest BCUT2D eigenvalue weighted by Crippen LogP contribution is 2.24. The molecule has 18 heavy (non-hydrogen) atoms. The largest absolute Gasteiger partial charge is 0.369 e. The molecule has 4 nitrogen and oxygen atoms in total. The molecule has 0 radical (unpaired) electrons. The zero-order valence-corrected chi connectivity index (χ0v) is 10.4. The molecule has 1 N–H and O–H groups in total. The van der Waals surface area contributed by atoms with E-state index in [1.165, 1.54) is 6.07 Å². The minimum absolute atomic E-state index is 0.282. The molecule has 0 atom stereocenters. The molecule has 0 unspecified atom stereocenters. The quantitative estimate of drug-likeness (QED) is 0.900. The number of hydrogen-bond donors (Lipinski definition) is 1. The van der Waals surface area contributed by atoms with E-state index in [1.807, 2.05) is 6.92 Å². The Balaban J connectivity index is 2.31. The molecule has 5 heteroatoms. The fourth-order valence-corrected chi connectivity index (χ4v) is 1.63. The van der Waals surface area contributed by atoms with Crippen molar-refractivity contribution in [1.29, 1.82) is 0 Å². The van der Waals surface area contributed by atoms with E-state index in [4.69, 9.17) is 0 Å². The summed E-state index contributed by atoms with van der Waals surface area (Å²) in [5.74, 6) is 0.993. The van der Waals surface area contributed by atoms with Crippen LogP contribution in [0.1, 0.15) is 6.92 Å². The maximum atomic E-state index is 13.7. The number of nitrogens with zero attached hydrogens (tertiary/aromatic N) is 3. The van der Waals surface area contributed by atoms with Gasteiger partial charge in [0.25, 0.3) is 0 Å². The predicted octanol–water partition coefficient (Wildman–Crippen LogP) is 2.82. The normalized spacial score (nSPS) is 10.2. The topological polar surface area (TPSA) is 41.1 Å². The SMILES string of the molecule is CCNc1cncc(N(C)c2ccccc2F)n1. The molecule has 1 aromatic carbocycles. The van der Waals surface area contributed by atoms with E-state index >= 15 is 0 Å². The van der Waals surface area contributed by atoms with Gasteiger partial charge in [0.05, 0.1) is 18.1 Å². The van der Waals surface area contributed by atoms with Crippen molar-refractivity contribution in [2.75, 3.05) is 23.8 Å². The highest BCUT2D eigenvalue weighted by atomic mass is 19.1. The van der Waals surface area contributed by atoms with Crippen LogP contribution in [0.3, 0.4) is 0 Å². The molecule has 0 bridgehead atoms. The van der Waals surface area contributed by atoms with Crippen LogP contribution >= 0.6 is 0 Å². The predicted molar refractivity (Wildman–Crippen MR) is 70.7 cm³/mol. The molecule has 1 aromatic heterocycles. The maximum Gasteiger partial charge on any atom is 0.153 e. The Labute approximate surface area is 105 Å². The van der Waals surface area contributed by atoms with Crippen LogP contribution in [0.5, 0.6) is 0 Å². The fraction of sp³-hybridized carbons (Fsp3) is 0.231. The fourth-order valence-electron chi connectivity index (χ4n) is 1.63. The molecule has 0 aliphatic heterocycles. The maximum absolute atomic E-state index is 13.7. The first kappa shape index (κ1) is 12.3. The van der Waals surface area contributed by atoms with Crippen molar-refractivity contribution >= 4 is 17.3 Å². The minimum Gasteiger partial charge on any atom is -0.369 e. The number of anilines is 3. The molecule has 0 aliphatic carbocycles. The van der Waals surface area contributed by atoms with Crippen LogP contribution < -0.4 is 10.2 Å². The number of halogens is 1. The van der Waals surface area contributed by atoms with Crippen molar-refractivity contribution in [3.05, 3.63) is 42.5 Å². The third-order valence-corrected chi connectivity index (χ3v) is 2.54. The number of rotatable bonds is 4. The molecular formula is C13H15FN4. The summed E-state index contributed by atoms with van der Waals surface area (Å²) in [5, 5.41) is 3.07. The molecule has 0 aliphatic rings. The van der Waals surface area contributed by atoms with Gasteiger partial charge in [-0.1, -0.05) is 12.1 Å². The van der Waals surface area contributed by atoms with Gasteiger partial charge in [-0.15, -0.1) is 0 Å². The Morgan fingerprint density at radius 1 is 1.28 bits per heavy atom. The highest BCUT2D eigenvalue weighted by Gasteiger charge is 2.10. The van der Waals surface area contributed by atoms with E-state index in [0.717, 1.165) is 6.54 Å². The first-order chi connectivity index (χ1) is 8.72. The number of hydrogen-bond acceptors (Lipinski definition) is 4. The average Bonchev–Trinajstić information content (AvgIpc) is 2.39. The first-order valence-corrected chi connectivity index (χ1v) is 5.76. The smallest absolute Gasteiger partial charge is 0.153 e. The van der Waals surface area contributed by atoms with Crippen molar-refractivity contribution in [2.24, 2.45) is 0 Å². The summed E-state index contributed by atoms with van der Waals surface area (Å²) in [6.07, 6.45) is 3.25. The van der Waals surface area contributed by atoms with Gasteiger partial charge in [-0.05, 0) is 19.1 Å². The molecular weight excluding hydrogens is 231 g/mol. The molecule has 0 saturated carbocycles. The summed E-state index contributed by atoms with van der Waals surface area (Å²) in [5.41, 5.74) is 0.473. The molecule has 0 amide bonds. The van der Waals surface area contributed by atoms with Gasteiger partial charge in [-0.2, -0.15) is 0 Å². The highest BCUT2D eigenvalue weighted by molar-refractivity contribution is 5.60. The Kier molecular flexibility index (Phi) is 3.72. The molecule has 0 fully saturated rings. The van der Waals surface area contributed by atoms with Crippen LogP contribution in [-0.2, 0) is 0 Å². The van der Waals surface area contributed by atoms with Crippen LogP contribution in [0, 0.1) is 5.82 Å². The summed E-state index contributed by atoms with van der Waals surface area (Å²) in [6.45, 7) is 2.75. The minimum atomic E-state index is -0.282. The summed E-state index contributed by atoms with van der Waals surface area (Å²) in [6, 6.07) is 6.58. The Bertz CT molecular complexity index is 530. The van der Waals surface area contributed by atoms with Gasteiger partial charge in [0.2, 0.25) is 0 Å². The molecule has 1 heterocycles. The van der Waals surface area contributed by atoms with E-state index in [9.17, 15) is 4.39 Å². The number of benzene rings is 1. The zero-order chi connectivity index (χ0) is 13.0. The second kappa shape index (κ2) is 5.44. The van der Waals surface area contributed by atoms with E-state index in [2.05, 4.69) is 15.3 Å². The van der Waals surface area contributed by atoms with Gasteiger partial charge >= 0.3 is 0 Å². The molecule has 94 valence electrons.